The molecule has 1 fully saturated rings. The summed E-state index contributed by atoms with van der Waals surface area (Å²) in [6, 6.07) is 0. The molecule has 152 valence electrons. The normalized spacial score (nSPS) is 23.3. The average Bonchev–Trinajstić information content (AvgIpc) is 2.56. The number of ether oxygens (including phenoxy) is 1. The van der Waals surface area contributed by atoms with Crippen LogP contribution in [0.3, 0.4) is 0 Å². The predicted molar refractivity (Wildman–Crippen MR) is 101 cm³/mol. The number of nitrogens with zero attached hydrogens (tertiary/aromatic N) is 1. The fourth-order valence-corrected chi connectivity index (χ4v) is 3.61. The first-order valence-electron chi connectivity index (χ1n) is 9.55. The van der Waals surface area contributed by atoms with E-state index >= 15 is 0 Å². The number of aliphatic imine (C=N–C) groups is 1. The van der Waals surface area contributed by atoms with E-state index in [4.69, 9.17) is 9.84 Å². The van der Waals surface area contributed by atoms with E-state index in [1.54, 1.807) is 0 Å². The summed E-state index contributed by atoms with van der Waals surface area (Å²) in [5.74, 6) is -3.98. The molecule has 0 aliphatic heterocycles. The van der Waals surface area contributed by atoms with Gasteiger partial charge < -0.3 is 9.84 Å². The molecule has 1 N–H and O–H groups in total. The Labute approximate surface area is 160 Å². The third-order valence-electron chi connectivity index (χ3n) is 4.94. The summed E-state index contributed by atoms with van der Waals surface area (Å²) in [4.78, 5) is 52.8. The second kappa shape index (κ2) is 10.3. The van der Waals surface area contributed by atoms with Gasteiger partial charge in [0.2, 0.25) is 0 Å². The zero-order valence-corrected chi connectivity index (χ0v) is 16.7. The van der Waals surface area contributed by atoms with Crippen LogP contribution in [0.15, 0.2) is 4.99 Å². The number of hydrogen-bond acceptors (Lipinski definition) is 6. The molecule has 2 atom stereocenters. The van der Waals surface area contributed by atoms with Crippen LogP contribution in [-0.2, 0) is 23.9 Å². The molecule has 0 heterocycles. The van der Waals surface area contributed by atoms with Crippen molar-refractivity contribution >= 4 is 29.2 Å². The number of unbranched alkanes of at least 4 members (excludes halogenated alkanes) is 2. The molecule has 0 saturated heterocycles. The molecule has 0 unspecified atom stereocenters. The Hall–Kier alpha value is -2.05. The Morgan fingerprint density at radius 1 is 1.19 bits per heavy atom. The molecule has 0 aromatic heterocycles. The Kier molecular flexibility index (Phi) is 8.79. The number of ketones is 2. The molecule has 0 aromatic rings. The Morgan fingerprint density at radius 3 is 2.41 bits per heavy atom. The van der Waals surface area contributed by atoms with Gasteiger partial charge in [0.1, 0.15) is 17.6 Å². The smallest absolute Gasteiger partial charge is 0.316 e. The molecule has 7 heteroatoms. The molecule has 1 aliphatic carbocycles. The molecule has 7 nitrogen and oxygen atoms in total. The van der Waals surface area contributed by atoms with E-state index in [9.17, 15) is 19.2 Å². The minimum atomic E-state index is -0.971. The third-order valence-corrected chi connectivity index (χ3v) is 4.94. The first-order chi connectivity index (χ1) is 12.7. The standard InChI is InChI=1S/C20H31NO6/c1-5-9-14(22)16-13(21-11-8-6-7-10-15(23)24)12-20(2,3)17(18(16)25)19(26)27-4/h16-17H,5-12H2,1-4H3,(H,23,24)/t16-,17-/m0/s1. The number of esters is 1. The van der Waals surface area contributed by atoms with Crippen molar-refractivity contribution < 1.29 is 29.0 Å². The Balaban J connectivity index is 2.97. The number of carboxylic acid groups (broad SMARTS) is 1. The number of methoxy groups -OCH3 is 1. The minimum Gasteiger partial charge on any atom is -0.481 e. The van der Waals surface area contributed by atoms with Gasteiger partial charge in [0, 0.05) is 25.1 Å². The van der Waals surface area contributed by atoms with Crippen LogP contribution in [0.1, 0.15) is 65.7 Å². The summed E-state index contributed by atoms with van der Waals surface area (Å²) in [7, 11) is 1.25. The van der Waals surface area contributed by atoms with Gasteiger partial charge in [0.25, 0.3) is 0 Å². The Morgan fingerprint density at radius 2 is 1.85 bits per heavy atom. The highest BCUT2D eigenvalue weighted by Crippen LogP contribution is 2.41. The highest BCUT2D eigenvalue weighted by Gasteiger charge is 2.52. The molecule has 0 bridgehead atoms. The van der Waals surface area contributed by atoms with Crippen LogP contribution in [0.25, 0.3) is 0 Å². The van der Waals surface area contributed by atoms with Crippen molar-refractivity contribution in [2.75, 3.05) is 13.7 Å². The van der Waals surface area contributed by atoms with Gasteiger partial charge in [-0.3, -0.25) is 24.2 Å². The minimum absolute atomic E-state index is 0.126. The number of carbonyl (C=O) groups is 4. The summed E-state index contributed by atoms with van der Waals surface area (Å²) in [6.07, 6.45) is 3.39. The number of rotatable bonds is 10. The number of hydrogen-bond donors (Lipinski definition) is 1. The van der Waals surface area contributed by atoms with Crippen molar-refractivity contribution in [3.8, 4) is 0 Å². The van der Waals surface area contributed by atoms with Gasteiger partial charge >= 0.3 is 11.9 Å². The summed E-state index contributed by atoms with van der Waals surface area (Å²) >= 11 is 0. The van der Waals surface area contributed by atoms with Gasteiger partial charge in [0.15, 0.2) is 5.78 Å². The van der Waals surface area contributed by atoms with Crippen molar-refractivity contribution in [1.82, 2.24) is 0 Å². The maximum atomic E-state index is 13.0. The molecule has 1 saturated carbocycles. The van der Waals surface area contributed by atoms with Gasteiger partial charge in [-0.1, -0.05) is 27.2 Å². The SMILES string of the molecule is CCCC(=O)[C@H]1C(=O)[C@@H](C(=O)OC)C(C)(C)CC1=NCCCCCC(=O)O. The molecule has 0 spiro atoms. The monoisotopic (exact) mass is 381 g/mol. The van der Waals surface area contributed by atoms with Gasteiger partial charge in [0.05, 0.1) is 7.11 Å². The van der Waals surface area contributed by atoms with Gasteiger partial charge in [-0.05, 0) is 31.1 Å². The first kappa shape index (κ1) is 23.0. The summed E-state index contributed by atoms with van der Waals surface area (Å²) in [6.45, 7) is 5.94. The summed E-state index contributed by atoms with van der Waals surface area (Å²) in [5, 5.41) is 8.66. The Bertz CT molecular complexity index is 608. The van der Waals surface area contributed by atoms with Crippen LogP contribution in [0.2, 0.25) is 0 Å². The molecule has 0 aromatic carbocycles. The highest BCUT2D eigenvalue weighted by molar-refractivity contribution is 6.26. The summed E-state index contributed by atoms with van der Waals surface area (Å²) < 4.78 is 4.80. The van der Waals surface area contributed by atoms with E-state index in [0.717, 1.165) is 6.42 Å². The fourth-order valence-electron chi connectivity index (χ4n) is 3.61. The van der Waals surface area contributed by atoms with Crippen LogP contribution in [-0.4, -0.2) is 48.0 Å². The van der Waals surface area contributed by atoms with Crippen LogP contribution in [0.4, 0.5) is 0 Å². The predicted octanol–water partition coefficient (Wildman–Crippen LogP) is 2.85. The molecular formula is C20H31NO6. The molecule has 1 aliphatic rings. The number of aliphatic carboxylic acids is 1. The number of carbonyl (C=O) groups excluding carboxylic acids is 3. The summed E-state index contributed by atoms with van der Waals surface area (Å²) in [5.41, 5.74) is -0.128. The zero-order chi connectivity index (χ0) is 20.6. The van der Waals surface area contributed by atoms with Crippen LogP contribution >= 0.6 is 0 Å². The lowest BCUT2D eigenvalue weighted by atomic mass is 9.62. The maximum Gasteiger partial charge on any atom is 0.316 e. The van der Waals surface area contributed by atoms with Crippen LogP contribution < -0.4 is 0 Å². The topological polar surface area (TPSA) is 110 Å². The van der Waals surface area contributed by atoms with E-state index in [1.165, 1.54) is 7.11 Å². The van der Waals surface area contributed by atoms with E-state index in [1.807, 2.05) is 20.8 Å². The molecule has 27 heavy (non-hydrogen) atoms. The largest absolute Gasteiger partial charge is 0.481 e. The third kappa shape index (κ3) is 6.26. The van der Waals surface area contributed by atoms with Crippen molar-refractivity contribution in [3.63, 3.8) is 0 Å². The second-order valence-electron chi connectivity index (χ2n) is 7.75. The van der Waals surface area contributed by atoms with Crippen LogP contribution in [0, 0.1) is 17.3 Å². The van der Waals surface area contributed by atoms with Crippen molar-refractivity contribution in [2.45, 2.75) is 65.7 Å². The van der Waals surface area contributed by atoms with Gasteiger partial charge in [-0.15, -0.1) is 0 Å². The van der Waals surface area contributed by atoms with Crippen molar-refractivity contribution in [1.29, 1.82) is 0 Å². The lowest BCUT2D eigenvalue weighted by Gasteiger charge is -2.39. The lowest BCUT2D eigenvalue weighted by molar-refractivity contribution is -0.156. The van der Waals surface area contributed by atoms with E-state index in [-0.39, 0.29) is 18.6 Å². The zero-order valence-electron chi connectivity index (χ0n) is 16.7. The molecule has 0 radical (unpaired) electrons. The first-order valence-corrected chi connectivity index (χ1v) is 9.55. The van der Waals surface area contributed by atoms with Crippen LogP contribution in [0.5, 0.6) is 0 Å². The molecular weight excluding hydrogens is 350 g/mol. The highest BCUT2D eigenvalue weighted by atomic mass is 16.5. The second-order valence-corrected chi connectivity index (χ2v) is 7.75. The maximum absolute atomic E-state index is 13.0. The van der Waals surface area contributed by atoms with Crippen molar-refractivity contribution in [2.24, 2.45) is 22.2 Å². The van der Waals surface area contributed by atoms with Gasteiger partial charge in [-0.25, -0.2) is 0 Å². The average molecular weight is 381 g/mol. The van der Waals surface area contributed by atoms with Crippen molar-refractivity contribution in [3.05, 3.63) is 0 Å². The van der Waals surface area contributed by atoms with E-state index < -0.39 is 35.0 Å². The van der Waals surface area contributed by atoms with E-state index in [2.05, 4.69) is 4.99 Å². The van der Waals surface area contributed by atoms with Gasteiger partial charge in [-0.2, -0.15) is 0 Å². The quantitative estimate of drug-likeness (QED) is 0.354. The lowest BCUT2D eigenvalue weighted by Crippen LogP contribution is -2.52. The molecule has 0 amide bonds. The number of carboxylic acids is 1. The molecule has 1 rings (SSSR count). The number of Topliss-reactive ketones (excluding diaryl/α,β-unsaturated/α-hetero) is 2. The van der Waals surface area contributed by atoms with E-state index in [0.29, 0.717) is 37.9 Å². The fraction of sp³-hybridized carbons (Fsp3) is 0.750.